The van der Waals surface area contributed by atoms with Gasteiger partial charge in [-0.1, -0.05) is 19.1 Å². The Labute approximate surface area is 150 Å². The van der Waals surface area contributed by atoms with Crippen LogP contribution in [0.1, 0.15) is 31.7 Å². The topological polar surface area (TPSA) is 80.8 Å². The van der Waals surface area contributed by atoms with Crippen molar-refractivity contribution >= 4 is 19.9 Å². The fraction of sp³-hybridized carbons (Fsp3) is 0.647. The van der Waals surface area contributed by atoms with Crippen molar-refractivity contribution in [2.45, 2.75) is 49.6 Å². The lowest BCUT2D eigenvalue weighted by Gasteiger charge is -2.29. The van der Waals surface area contributed by atoms with Crippen LogP contribution >= 0.6 is 0 Å². The van der Waals surface area contributed by atoms with E-state index in [9.17, 15) is 16.8 Å². The van der Waals surface area contributed by atoms with Gasteiger partial charge in [0.25, 0.3) is 0 Å². The van der Waals surface area contributed by atoms with Crippen LogP contribution in [0.2, 0.25) is 0 Å². The van der Waals surface area contributed by atoms with Crippen LogP contribution in [0.25, 0.3) is 0 Å². The monoisotopic (exact) mass is 387 g/mol. The molecule has 0 unspecified atom stereocenters. The zero-order valence-electron chi connectivity index (χ0n) is 14.4. The van der Waals surface area contributed by atoms with Gasteiger partial charge in [0.05, 0.1) is 22.5 Å². The fourth-order valence-corrected chi connectivity index (χ4v) is 6.98. The summed E-state index contributed by atoms with van der Waals surface area (Å²) >= 11 is 0. The molecule has 25 heavy (non-hydrogen) atoms. The molecule has 2 aliphatic rings. The zero-order valence-corrected chi connectivity index (χ0v) is 16.1. The molecule has 2 saturated heterocycles. The van der Waals surface area contributed by atoms with E-state index in [1.165, 1.54) is 4.31 Å². The first-order valence-electron chi connectivity index (χ1n) is 8.74. The standard InChI is InChI=1S/C17H25NO5S2/c1-2-14-5-7-17(8-6-14)25(21,22)18(12-16-4-3-10-23-16)15-9-11-24(19,20)13-15/h5-8,15-16H,2-4,9-13H2,1H3/t15-,16+/m1/s1. The van der Waals surface area contributed by atoms with Crippen LogP contribution < -0.4 is 0 Å². The second-order valence-corrected chi connectivity index (χ2v) is 10.9. The van der Waals surface area contributed by atoms with Gasteiger partial charge in [-0.3, -0.25) is 0 Å². The molecule has 2 atom stereocenters. The van der Waals surface area contributed by atoms with E-state index in [1.807, 2.05) is 19.1 Å². The maximum atomic E-state index is 13.2. The highest BCUT2D eigenvalue weighted by molar-refractivity contribution is 7.92. The Morgan fingerprint density at radius 3 is 2.44 bits per heavy atom. The normalized spacial score (nSPS) is 26.3. The van der Waals surface area contributed by atoms with Crippen molar-refractivity contribution in [1.82, 2.24) is 4.31 Å². The van der Waals surface area contributed by atoms with Gasteiger partial charge >= 0.3 is 0 Å². The molecule has 0 amide bonds. The average Bonchev–Trinajstić information content (AvgIpc) is 3.21. The molecule has 8 heteroatoms. The van der Waals surface area contributed by atoms with Gasteiger partial charge in [0, 0.05) is 19.2 Å². The molecule has 2 fully saturated rings. The quantitative estimate of drug-likeness (QED) is 0.741. The van der Waals surface area contributed by atoms with Gasteiger partial charge in [-0.25, -0.2) is 16.8 Å². The van der Waals surface area contributed by atoms with Crippen LogP contribution in [0.5, 0.6) is 0 Å². The van der Waals surface area contributed by atoms with Crippen molar-refractivity contribution in [2.75, 3.05) is 24.7 Å². The number of hydrogen-bond acceptors (Lipinski definition) is 5. The maximum absolute atomic E-state index is 13.2. The number of sulfone groups is 1. The zero-order chi connectivity index (χ0) is 18.1. The van der Waals surface area contributed by atoms with Crippen LogP contribution in [0.15, 0.2) is 29.2 Å². The van der Waals surface area contributed by atoms with Gasteiger partial charge in [0.15, 0.2) is 9.84 Å². The van der Waals surface area contributed by atoms with Gasteiger partial charge < -0.3 is 4.74 Å². The Morgan fingerprint density at radius 2 is 1.92 bits per heavy atom. The number of ether oxygens (including phenoxy) is 1. The molecule has 0 aromatic heterocycles. The van der Waals surface area contributed by atoms with Crippen molar-refractivity contribution < 1.29 is 21.6 Å². The molecule has 2 aliphatic heterocycles. The highest BCUT2D eigenvalue weighted by Crippen LogP contribution is 2.27. The summed E-state index contributed by atoms with van der Waals surface area (Å²) in [5, 5.41) is 0. The van der Waals surface area contributed by atoms with E-state index in [-0.39, 0.29) is 29.0 Å². The lowest BCUT2D eigenvalue weighted by atomic mass is 10.2. The molecule has 0 saturated carbocycles. The van der Waals surface area contributed by atoms with Gasteiger partial charge in [-0.15, -0.1) is 0 Å². The second-order valence-electron chi connectivity index (χ2n) is 6.76. The Bertz CT molecular complexity index is 796. The van der Waals surface area contributed by atoms with Gasteiger partial charge in [-0.2, -0.15) is 4.31 Å². The minimum absolute atomic E-state index is 0.0456. The lowest BCUT2D eigenvalue weighted by molar-refractivity contribution is 0.0877. The van der Waals surface area contributed by atoms with Crippen LogP contribution in [0.4, 0.5) is 0 Å². The largest absolute Gasteiger partial charge is 0.377 e. The summed E-state index contributed by atoms with van der Waals surface area (Å²) in [6, 6.07) is 6.33. The Morgan fingerprint density at radius 1 is 1.20 bits per heavy atom. The van der Waals surface area contributed by atoms with Crippen molar-refractivity contribution in [2.24, 2.45) is 0 Å². The summed E-state index contributed by atoms with van der Waals surface area (Å²) in [4.78, 5) is 0.215. The second kappa shape index (κ2) is 7.34. The van der Waals surface area contributed by atoms with Gasteiger partial charge in [-0.05, 0) is 43.4 Å². The van der Waals surface area contributed by atoms with Crippen molar-refractivity contribution in [3.8, 4) is 0 Å². The SMILES string of the molecule is CCc1ccc(S(=O)(=O)N(C[C@@H]2CCCO2)[C@@H]2CCS(=O)(=O)C2)cc1. The van der Waals surface area contributed by atoms with Crippen LogP contribution in [-0.4, -0.2) is 57.9 Å². The Kier molecular flexibility index (Phi) is 5.53. The number of sulfonamides is 1. The molecule has 3 rings (SSSR count). The van der Waals surface area contributed by atoms with Crippen LogP contribution in [0.3, 0.4) is 0 Å². The number of aryl methyl sites for hydroxylation is 1. The van der Waals surface area contributed by atoms with E-state index in [0.29, 0.717) is 13.0 Å². The third kappa shape index (κ3) is 4.24. The van der Waals surface area contributed by atoms with E-state index in [0.717, 1.165) is 24.8 Å². The van der Waals surface area contributed by atoms with Crippen molar-refractivity contribution in [3.05, 3.63) is 29.8 Å². The van der Waals surface area contributed by atoms with Crippen molar-refractivity contribution in [3.63, 3.8) is 0 Å². The smallest absolute Gasteiger partial charge is 0.243 e. The van der Waals surface area contributed by atoms with E-state index >= 15 is 0 Å². The highest BCUT2D eigenvalue weighted by atomic mass is 32.2. The third-order valence-corrected chi connectivity index (χ3v) is 8.64. The number of hydrogen-bond donors (Lipinski definition) is 0. The molecule has 140 valence electrons. The number of nitrogens with zero attached hydrogens (tertiary/aromatic N) is 1. The minimum atomic E-state index is -3.76. The molecule has 0 aliphatic carbocycles. The summed E-state index contributed by atoms with van der Waals surface area (Å²) in [7, 11) is -6.93. The van der Waals surface area contributed by atoms with E-state index in [4.69, 9.17) is 4.74 Å². The first-order valence-corrected chi connectivity index (χ1v) is 12.0. The molecule has 0 bridgehead atoms. The maximum Gasteiger partial charge on any atom is 0.243 e. The molecule has 0 spiro atoms. The molecule has 1 aromatic carbocycles. The molecule has 6 nitrogen and oxygen atoms in total. The molecular weight excluding hydrogens is 362 g/mol. The van der Waals surface area contributed by atoms with E-state index in [1.54, 1.807) is 12.1 Å². The van der Waals surface area contributed by atoms with E-state index < -0.39 is 25.9 Å². The Hall–Kier alpha value is -0.960. The third-order valence-electron chi connectivity index (χ3n) is 4.96. The molecule has 1 aromatic rings. The first kappa shape index (κ1) is 18.8. The number of benzene rings is 1. The molecular formula is C17H25NO5S2. The van der Waals surface area contributed by atoms with Crippen LogP contribution in [-0.2, 0) is 31.0 Å². The molecule has 2 heterocycles. The molecule has 0 radical (unpaired) electrons. The first-order chi connectivity index (χ1) is 11.8. The lowest BCUT2D eigenvalue weighted by Crippen LogP contribution is -2.45. The summed E-state index contributed by atoms with van der Waals surface area (Å²) in [5.74, 6) is -0.0595. The van der Waals surface area contributed by atoms with Crippen LogP contribution in [0, 0.1) is 0 Å². The Balaban J connectivity index is 1.90. The predicted octanol–water partition coefficient (Wildman–Crippen LogP) is 1.61. The molecule has 0 N–H and O–H groups in total. The summed E-state index contributed by atoms with van der Waals surface area (Å²) in [6.45, 7) is 2.86. The van der Waals surface area contributed by atoms with Crippen molar-refractivity contribution in [1.29, 1.82) is 0 Å². The summed E-state index contributed by atoms with van der Waals surface area (Å²) < 4.78 is 57.1. The number of rotatable bonds is 6. The highest BCUT2D eigenvalue weighted by Gasteiger charge is 2.40. The average molecular weight is 388 g/mol. The summed E-state index contributed by atoms with van der Waals surface area (Å²) in [5.41, 5.74) is 1.06. The van der Waals surface area contributed by atoms with Gasteiger partial charge in [0.2, 0.25) is 10.0 Å². The minimum Gasteiger partial charge on any atom is -0.377 e. The van der Waals surface area contributed by atoms with E-state index in [2.05, 4.69) is 0 Å². The fourth-order valence-electron chi connectivity index (χ4n) is 3.47. The summed E-state index contributed by atoms with van der Waals surface area (Å²) in [6.07, 6.45) is 2.74. The predicted molar refractivity (Wildman–Crippen MR) is 95.7 cm³/mol. The van der Waals surface area contributed by atoms with Gasteiger partial charge in [0.1, 0.15) is 0 Å².